The molecule has 4 rings (SSSR count). The molecule has 0 bridgehead atoms. The van der Waals surface area contributed by atoms with Crippen LogP contribution in [-0.4, -0.2) is 21.0 Å². The minimum absolute atomic E-state index is 0.302. The molecule has 6 nitrogen and oxygen atoms in total. The molecule has 2 N–H and O–H groups in total. The molecule has 0 aliphatic heterocycles. The maximum Gasteiger partial charge on any atom is 0.267 e. The van der Waals surface area contributed by atoms with Crippen LogP contribution >= 0.6 is 0 Å². The van der Waals surface area contributed by atoms with Gasteiger partial charge in [-0.1, -0.05) is 17.3 Å². The molecule has 140 valence electrons. The van der Waals surface area contributed by atoms with Crippen molar-refractivity contribution in [1.29, 1.82) is 0 Å². The molecule has 0 fully saturated rings. The van der Waals surface area contributed by atoms with E-state index in [4.69, 9.17) is 4.52 Å². The lowest BCUT2D eigenvalue weighted by Crippen LogP contribution is -2.23. The van der Waals surface area contributed by atoms with Gasteiger partial charge in [0.1, 0.15) is 5.69 Å². The summed E-state index contributed by atoms with van der Waals surface area (Å²) in [4.78, 5) is 19.2. The van der Waals surface area contributed by atoms with E-state index in [1.54, 1.807) is 30.7 Å². The molecular formula is C20H14F2N4O2. The van der Waals surface area contributed by atoms with Gasteiger partial charge in [0.25, 0.3) is 5.91 Å². The molecule has 0 unspecified atom stereocenters. The molecule has 0 aliphatic carbocycles. The second kappa shape index (κ2) is 7.43. The van der Waals surface area contributed by atoms with E-state index in [2.05, 4.69) is 20.4 Å². The van der Waals surface area contributed by atoms with Crippen LogP contribution in [-0.2, 0) is 6.54 Å². The van der Waals surface area contributed by atoms with Gasteiger partial charge < -0.3 is 14.8 Å². The fraction of sp³-hybridized carbons (Fsp3) is 0.0500. The molecule has 28 heavy (non-hydrogen) atoms. The second-order valence-electron chi connectivity index (χ2n) is 6.04. The molecule has 1 amide bonds. The molecule has 0 spiro atoms. The number of aromatic amines is 1. The number of amides is 1. The lowest BCUT2D eigenvalue weighted by atomic mass is 10.0. The number of carbonyl (C=O) groups excluding carboxylic acids is 1. The van der Waals surface area contributed by atoms with Gasteiger partial charge in [0, 0.05) is 36.3 Å². The standard InChI is InChI=1S/C20H14F2N4O2/c21-16-4-3-13(6-17(16)22)15-11-26-28-19(15)14-7-18(24-10-14)20(27)25-9-12-2-1-5-23-8-12/h1-8,10-11,24H,9H2,(H,25,27). The van der Waals surface area contributed by atoms with Crippen LogP contribution < -0.4 is 5.32 Å². The Morgan fingerprint density at radius 3 is 2.79 bits per heavy atom. The Balaban J connectivity index is 1.54. The fourth-order valence-electron chi connectivity index (χ4n) is 2.75. The van der Waals surface area contributed by atoms with Crippen LogP contribution in [0.2, 0.25) is 0 Å². The number of H-pyrrole nitrogens is 1. The van der Waals surface area contributed by atoms with Crippen molar-refractivity contribution in [2.75, 3.05) is 0 Å². The Morgan fingerprint density at radius 2 is 2.00 bits per heavy atom. The molecule has 0 radical (unpaired) electrons. The molecule has 3 aromatic heterocycles. The smallest absolute Gasteiger partial charge is 0.267 e. The third-order valence-corrected chi connectivity index (χ3v) is 4.17. The fourth-order valence-corrected chi connectivity index (χ4v) is 2.75. The largest absolute Gasteiger partial charge is 0.356 e. The predicted octanol–water partition coefficient (Wildman–Crippen LogP) is 3.94. The van der Waals surface area contributed by atoms with Gasteiger partial charge in [0.2, 0.25) is 0 Å². The molecular weight excluding hydrogens is 366 g/mol. The first-order valence-electron chi connectivity index (χ1n) is 8.38. The number of halogens is 2. The summed E-state index contributed by atoms with van der Waals surface area (Å²) in [5.41, 5.74) is 2.66. The van der Waals surface area contributed by atoms with Gasteiger partial charge in [0.15, 0.2) is 17.4 Å². The van der Waals surface area contributed by atoms with Crippen molar-refractivity contribution in [2.24, 2.45) is 0 Å². The zero-order valence-electron chi connectivity index (χ0n) is 14.4. The van der Waals surface area contributed by atoms with Crippen molar-refractivity contribution >= 4 is 5.91 Å². The normalized spacial score (nSPS) is 10.8. The molecule has 1 aromatic carbocycles. The summed E-state index contributed by atoms with van der Waals surface area (Å²) in [6.45, 7) is 0.337. The number of rotatable bonds is 5. The lowest BCUT2D eigenvalue weighted by Gasteiger charge is -2.03. The number of nitrogens with zero attached hydrogens (tertiary/aromatic N) is 2. The molecule has 8 heteroatoms. The monoisotopic (exact) mass is 380 g/mol. The third kappa shape index (κ3) is 3.52. The number of nitrogens with one attached hydrogen (secondary N) is 2. The van der Waals surface area contributed by atoms with Gasteiger partial charge in [-0.25, -0.2) is 8.78 Å². The molecule has 3 heterocycles. The highest BCUT2D eigenvalue weighted by atomic mass is 19.2. The summed E-state index contributed by atoms with van der Waals surface area (Å²) in [6.07, 6.45) is 6.33. The summed E-state index contributed by atoms with van der Waals surface area (Å²) in [6, 6.07) is 8.79. The molecule has 0 saturated heterocycles. The number of pyridine rings is 1. The van der Waals surface area contributed by atoms with E-state index in [1.165, 1.54) is 12.3 Å². The van der Waals surface area contributed by atoms with Crippen molar-refractivity contribution in [3.63, 3.8) is 0 Å². The first kappa shape index (κ1) is 17.6. The number of aromatic nitrogens is 3. The number of hydrogen-bond donors (Lipinski definition) is 2. The van der Waals surface area contributed by atoms with Crippen LogP contribution in [0.1, 0.15) is 16.1 Å². The first-order chi connectivity index (χ1) is 13.6. The summed E-state index contributed by atoms with van der Waals surface area (Å²) >= 11 is 0. The van der Waals surface area contributed by atoms with Crippen molar-refractivity contribution in [2.45, 2.75) is 6.54 Å². The van der Waals surface area contributed by atoms with Gasteiger partial charge >= 0.3 is 0 Å². The summed E-state index contributed by atoms with van der Waals surface area (Å²) in [5, 5.41) is 6.53. The molecule has 4 aromatic rings. The van der Waals surface area contributed by atoms with E-state index in [9.17, 15) is 13.6 Å². The highest BCUT2D eigenvalue weighted by Crippen LogP contribution is 2.33. The SMILES string of the molecule is O=C(NCc1cccnc1)c1cc(-c2oncc2-c2ccc(F)c(F)c2)c[nH]1. The Bertz CT molecular complexity index is 1120. The number of hydrogen-bond acceptors (Lipinski definition) is 4. The van der Waals surface area contributed by atoms with E-state index < -0.39 is 11.6 Å². The quantitative estimate of drug-likeness (QED) is 0.549. The van der Waals surface area contributed by atoms with Crippen LogP contribution in [0, 0.1) is 11.6 Å². The topological polar surface area (TPSA) is 83.8 Å². The van der Waals surface area contributed by atoms with E-state index in [1.807, 2.05) is 6.07 Å². The minimum atomic E-state index is -0.964. The molecule has 0 saturated carbocycles. The first-order valence-corrected chi connectivity index (χ1v) is 8.38. The Labute approximate surface area is 158 Å². The van der Waals surface area contributed by atoms with E-state index in [-0.39, 0.29) is 5.91 Å². The van der Waals surface area contributed by atoms with Crippen LogP contribution in [0.4, 0.5) is 8.78 Å². The van der Waals surface area contributed by atoms with Crippen LogP contribution in [0.3, 0.4) is 0 Å². The summed E-state index contributed by atoms with van der Waals surface area (Å²) in [7, 11) is 0. The van der Waals surface area contributed by atoms with Crippen LogP contribution in [0.15, 0.2) is 65.7 Å². The van der Waals surface area contributed by atoms with Crippen molar-refractivity contribution in [3.05, 3.63) is 84.1 Å². The zero-order chi connectivity index (χ0) is 19.5. The highest BCUT2D eigenvalue weighted by Gasteiger charge is 2.17. The second-order valence-corrected chi connectivity index (χ2v) is 6.04. The van der Waals surface area contributed by atoms with Gasteiger partial charge in [-0.15, -0.1) is 0 Å². The minimum Gasteiger partial charge on any atom is -0.356 e. The van der Waals surface area contributed by atoms with Gasteiger partial charge in [0.05, 0.1) is 6.20 Å². The maximum atomic E-state index is 13.6. The Morgan fingerprint density at radius 1 is 1.11 bits per heavy atom. The van der Waals surface area contributed by atoms with E-state index >= 15 is 0 Å². The van der Waals surface area contributed by atoms with Gasteiger partial charge in [-0.05, 0) is 35.4 Å². The van der Waals surface area contributed by atoms with E-state index in [0.717, 1.165) is 17.7 Å². The van der Waals surface area contributed by atoms with Crippen molar-refractivity contribution in [3.8, 4) is 22.5 Å². The van der Waals surface area contributed by atoms with Crippen molar-refractivity contribution in [1.82, 2.24) is 20.4 Å². The van der Waals surface area contributed by atoms with Crippen molar-refractivity contribution < 1.29 is 18.1 Å². The Hall–Kier alpha value is -3.81. The summed E-state index contributed by atoms with van der Waals surface area (Å²) < 4.78 is 32.0. The average molecular weight is 380 g/mol. The maximum absolute atomic E-state index is 13.6. The van der Waals surface area contributed by atoms with Crippen LogP contribution in [0.25, 0.3) is 22.5 Å². The van der Waals surface area contributed by atoms with Crippen LogP contribution in [0.5, 0.6) is 0 Å². The predicted molar refractivity (Wildman–Crippen MR) is 97.0 cm³/mol. The highest BCUT2D eigenvalue weighted by molar-refractivity contribution is 5.94. The zero-order valence-corrected chi connectivity index (χ0v) is 14.4. The summed E-state index contributed by atoms with van der Waals surface area (Å²) in [5.74, 6) is -1.86. The molecule has 0 atom stereocenters. The number of benzene rings is 1. The van der Waals surface area contributed by atoms with E-state index in [0.29, 0.717) is 34.7 Å². The third-order valence-electron chi connectivity index (χ3n) is 4.17. The lowest BCUT2D eigenvalue weighted by molar-refractivity contribution is 0.0946. The Kier molecular flexibility index (Phi) is 4.67. The number of carbonyl (C=O) groups is 1. The molecule has 0 aliphatic rings. The van der Waals surface area contributed by atoms with Gasteiger partial charge in [-0.3, -0.25) is 9.78 Å². The average Bonchev–Trinajstić information content (AvgIpc) is 3.38. The van der Waals surface area contributed by atoms with Gasteiger partial charge in [-0.2, -0.15) is 0 Å².